The van der Waals surface area contributed by atoms with Crippen LogP contribution in [0, 0.1) is 0 Å². The number of thioether (sulfide) groups is 1. The molecular formula is C16H11N3O4S2. The summed E-state index contributed by atoms with van der Waals surface area (Å²) in [5.41, 5.74) is 3.31. The van der Waals surface area contributed by atoms with Gasteiger partial charge in [-0.1, -0.05) is 17.8 Å². The molecule has 0 aliphatic carbocycles. The van der Waals surface area contributed by atoms with E-state index >= 15 is 0 Å². The normalized spacial score (nSPS) is 15.7. The number of rotatable bonds is 3. The molecule has 25 heavy (non-hydrogen) atoms. The van der Waals surface area contributed by atoms with E-state index in [1.807, 2.05) is 0 Å². The number of phenols is 2. The van der Waals surface area contributed by atoms with Gasteiger partial charge in [0.1, 0.15) is 0 Å². The van der Waals surface area contributed by atoms with Crippen LogP contribution in [0.15, 0.2) is 47.6 Å². The lowest BCUT2D eigenvalue weighted by molar-refractivity contribution is -0.123. The number of thiocarbonyl (C=S) groups is 1. The van der Waals surface area contributed by atoms with Gasteiger partial charge in [-0.2, -0.15) is 5.01 Å². The number of benzene rings is 1. The van der Waals surface area contributed by atoms with E-state index in [2.05, 4.69) is 10.4 Å². The number of hydrogen-bond acceptors (Lipinski definition) is 7. The van der Waals surface area contributed by atoms with Crippen molar-refractivity contribution in [1.82, 2.24) is 15.4 Å². The summed E-state index contributed by atoms with van der Waals surface area (Å²) in [5.74, 6) is -1.52. The predicted molar refractivity (Wildman–Crippen MR) is 96.5 cm³/mol. The molecule has 0 saturated carbocycles. The van der Waals surface area contributed by atoms with Crippen molar-refractivity contribution in [3.05, 3.63) is 58.8 Å². The molecule has 2 amide bonds. The van der Waals surface area contributed by atoms with Gasteiger partial charge in [0, 0.05) is 18.0 Å². The first-order valence-corrected chi connectivity index (χ1v) is 8.19. The first kappa shape index (κ1) is 16.9. The summed E-state index contributed by atoms with van der Waals surface area (Å²) in [7, 11) is 0. The summed E-state index contributed by atoms with van der Waals surface area (Å²) in [5, 5.41) is 19.8. The highest BCUT2D eigenvalue weighted by molar-refractivity contribution is 8.26. The molecule has 126 valence electrons. The van der Waals surface area contributed by atoms with Gasteiger partial charge in [0.2, 0.25) is 0 Å². The number of nitrogens with zero attached hydrogens (tertiary/aromatic N) is 2. The SMILES string of the molecule is O=C(NN1C(=O)/C(=C/c2ccc(O)c(O)c2)SC1=S)c1ccncc1. The van der Waals surface area contributed by atoms with Crippen LogP contribution in [0.4, 0.5) is 0 Å². The Balaban J connectivity index is 1.79. The highest BCUT2D eigenvalue weighted by Crippen LogP contribution is 2.33. The minimum atomic E-state index is -0.484. The monoisotopic (exact) mass is 373 g/mol. The first-order chi connectivity index (χ1) is 12.0. The Labute approximate surface area is 152 Å². The average Bonchev–Trinajstić information content (AvgIpc) is 2.86. The summed E-state index contributed by atoms with van der Waals surface area (Å²) in [6, 6.07) is 7.20. The van der Waals surface area contributed by atoms with Crippen molar-refractivity contribution in [2.75, 3.05) is 0 Å². The molecular weight excluding hydrogens is 362 g/mol. The third-order valence-electron chi connectivity index (χ3n) is 3.25. The molecule has 9 heteroatoms. The van der Waals surface area contributed by atoms with E-state index in [1.54, 1.807) is 0 Å². The summed E-state index contributed by atoms with van der Waals surface area (Å²) in [6.45, 7) is 0. The Kier molecular flexibility index (Phi) is 4.68. The van der Waals surface area contributed by atoms with Crippen LogP contribution < -0.4 is 5.43 Å². The van der Waals surface area contributed by atoms with Crippen LogP contribution in [0.25, 0.3) is 6.08 Å². The lowest BCUT2D eigenvalue weighted by atomic mass is 10.2. The van der Waals surface area contributed by atoms with Gasteiger partial charge in [0.15, 0.2) is 15.8 Å². The van der Waals surface area contributed by atoms with Gasteiger partial charge in [-0.15, -0.1) is 0 Å². The fourth-order valence-corrected chi connectivity index (χ4v) is 3.19. The zero-order valence-electron chi connectivity index (χ0n) is 12.5. The van der Waals surface area contributed by atoms with Crippen LogP contribution in [-0.4, -0.2) is 36.3 Å². The molecule has 1 aliphatic rings. The average molecular weight is 373 g/mol. The molecule has 0 bridgehead atoms. The predicted octanol–water partition coefficient (Wildman–Crippen LogP) is 2.04. The Bertz CT molecular complexity index is 900. The highest BCUT2D eigenvalue weighted by Gasteiger charge is 2.33. The Morgan fingerprint density at radius 3 is 2.60 bits per heavy atom. The van der Waals surface area contributed by atoms with Gasteiger partial charge in [0.25, 0.3) is 11.8 Å². The summed E-state index contributed by atoms with van der Waals surface area (Å²) in [4.78, 5) is 28.7. The first-order valence-electron chi connectivity index (χ1n) is 6.96. The molecule has 3 rings (SSSR count). The van der Waals surface area contributed by atoms with Gasteiger partial charge in [-0.25, -0.2) is 0 Å². The number of carbonyl (C=O) groups is 2. The zero-order chi connectivity index (χ0) is 18.0. The van der Waals surface area contributed by atoms with Crippen LogP contribution in [0.5, 0.6) is 11.5 Å². The number of pyridine rings is 1. The quantitative estimate of drug-likeness (QED) is 0.430. The Morgan fingerprint density at radius 1 is 1.20 bits per heavy atom. The van der Waals surface area contributed by atoms with Crippen molar-refractivity contribution in [1.29, 1.82) is 0 Å². The van der Waals surface area contributed by atoms with E-state index in [4.69, 9.17) is 12.2 Å². The van der Waals surface area contributed by atoms with Gasteiger partial charge in [-0.3, -0.25) is 20.0 Å². The standard InChI is InChI=1S/C16H11N3O4S2/c20-11-2-1-9(7-12(11)21)8-13-15(23)19(16(24)25-13)18-14(22)10-3-5-17-6-4-10/h1-8,20-21H,(H,18,22)/b13-8-. The molecule has 1 saturated heterocycles. The van der Waals surface area contributed by atoms with Crippen LogP contribution in [0.3, 0.4) is 0 Å². The number of aromatic nitrogens is 1. The maximum atomic E-state index is 12.4. The molecule has 1 fully saturated rings. The number of amides is 2. The molecule has 0 unspecified atom stereocenters. The molecule has 0 radical (unpaired) electrons. The number of hydrogen-bond donors (Lipinski definition) is 3. The van der Waals surface area contributed by atoms with Crippen molar-refractivity contribution in [2.45, 2.75) is 0 Å². The van der Waals surface area contributed by atoms with E-state index in [9.17, 15) is 19.8 Å². The number of carbonyl (C=O) groups excluding carboxylic acids is 2. The van der Waals surface area contributed by atoms with Crippen molar-refractivity contribution >= 4 is 46.2 Å². The fraction of sp³-hybridized carbons (Fsp3) is 0. The van der Waals surface area contributed by atoms with Crippen LogP contribution >= 0.6 is 24.0 Å². The summed E-state index contributed by atoms with van der Waals surface area (Å²) >= 11 is 6.16. The minimum Gasteiger partial charge on any atom is -0.504 e. The van der Waals surface area contributed by atoms with Crippen LogP contribution in [-0.2, 0) is 4.79 Å². The topological polar surface area (TPSA) is 103 Å². The van der Waals surface area contributed by atoms with Gasteiger partial charge < -0.3 is 10.2 Å². The van der Waals surface area contributed by atoms with Crippen molar-refractivity contribution in [3.8, 4) is 11.5 Å². The molecule has 7 nitrogen and oxygen atoms in total. The summed E-state index contributed by atoms with van der Waals surface area (Å²) < 4.78 is 0.182. The molecule has 2 aromatic rings. The lowest BCUT2D eigenvalue weighted by Gasteiger charge is -2.15. The van der Waals surface area contributed by atoms with Gasteiger partial charge in [-0.05, 0) is 48.1 Å². The largest absolute Gasteiger partial charge is 0.504 e. The second kappa shape index (κ2) is 6.91. The maximum absolute atomic E-state index is 12.4. The summed E-state index contributed by atoms with van der Waals surface area (Å²) in [6.07, 6.45) is 4.45. The Hall–Kier alpha value is -2.91. The lowest BCUT2D eigenvalue weighted by Crippen LogP contribution is -2.44. The minimum absolute atomic E-state index is 0.182. The second-order valence-corrected chi connectivity index (χ2v) is 6.62. The number of nitrogens with one attached hydrogen (secondary N) is 1. The van der Waals surface area contributed by atoms with E-state index < -0.39 is 11.8 Å². The molecule has 1 aromatic heterocycles. The fourth-order valence-electron chi connectivity index (χ4n) is 2.02. The van der Waals surface area contributed by atoms with Crippen molar-refractivity contribution in [2.24, 2.45) is 0 Å². The van der Waals surface area contributed by atoms with E-state index in [0.29, 0.717) is 11.1 Å². The maximum Gasteiger partial charge on any atom is 0.285 e. The molecule has 1 aliphatic heterocycles. The van der Waals surface area contributed by atoms with Gasteiger partial charge in [0.05, 0.1) is 4.91 Å². The van der Waals surface area contributed by atoms with Gasteiger partial charge >= 0.3 is 0 Å². The van der Waals surface area contributed by atoms with E-state index in [0.717, 1.165) is 16.8 Å². The third kappa shape index (κ3) is 3.62. The zero-order valence-corrected chi connectivity index (χ0v) is 14.2. The number of hydrazine groups is 1. The molecule has 2 heterocycles. The molecule has 0 atom stereocenters. The smallest absolute Gasteiger partial charge is 0.285 e. The Morgan fingerprint density at radius 2 is 1.92 bits per heavy atom. The number of aromatic hydroxyl groups is 2. The van der Waals surface area contributed by atoms with Crippen LogP contribution in [0.1, 0.15) is 15.9 Å². The number of phenolic OH excluding ortho intramolecular Hbond substituents is 2. The molecule has 1 aromatic carbocycles. The third-order valence-corrected chi connectivity index (χ3v) is 4.55. The van der Waals surface area contributed by atoms with Crippen LogP contribution in [0.2, 0.25) is 0 Å². The highest BCUT2D eigenvalue weighted by atomic mass is 32.2. The van der Waals surface area contributed by atoms with Crippen molar-refractivity contribution < 1.29 is 19.8 Å². The van der Waals surface area contributed by atoms with E-state index in [1.165, 1.54) is 48.8 Å². The molecule has 0 spiro atoms. The van der Waals surface area contributed by atoms with E-state index in [-0.39, 0.29) is 20.7 Å². The second-order valence-electron chi connectivity index (χ2n) is 4.94. The molecule has 3 N–H and O–H groups in total. The van der Waals surface area contributed by atoms with Crippen molar-refractivity contribution in [3.63, 3.8) is 0 Å².